The molecule has 0 saturated heterocycles. The van der Waals surface area contributed by atoms with E-state index in [1.54, 1.807) is 19.9 Å². The van der Waals surface area contributed by atoms with Gasteiger partial charge in [0, 0.05) is 0 Å². The minimum absolute atomic E-state index is 0.0174. The number of phenolic OH excluding ortho intramolecular Hbond substituents is 1. The first-order valence-corrected chi connectivity index (χ1v) is 5.25. The maximum Gasteiger partial charge on any atom is 0.309 e. The Labute approximate surface area is 98.6 Å². The molecule has 1 aliphatic rings. The van der Waals surface area contributed by atoms with E-state index in [2.05, 4.69) is 0 Å². The number of ether oxygens (including phenoxy) is 2. The van der Waals surface area contributed by atoms with Crippen LogP contribution >= 0.6 is 0 Å². The van der Waals surface area contributed by atoms with E-state index >= 15 is 0 Å². The Morgan fingerprint density at radius 1 is 1.41 bits per heavy atom. The van der Waals surface area contributed by atoms with Gasteiger partial charge in [-0.2, -0.15) is 0 Å². The molecular formula is C12H14O5. The number of hydrogen-bond donors (Lipinski definition) is 2. The van der Waals surface area contributed by atoms with Crippen LogP contribution in [0.5, 0.6) is 17.2 Å². The van der Waals surface area contributed by atoms with Crippen LogP contribution in [0.15, 0.2) is 12.1 Å². The van der Waals surface area contributed by atoms with Gasteiger partial charge in [0.1, 0.15) is 0 Å². The molecule has 0 radical (unpaired) electrons. The van der Waals surface area contributed by atoms with Crippen LogP contribution in [-0.2, 0) is 11.2 Å². The average Bonchev–Trinajstić information content (AvgIpc) is 2.64. The van der Waals surface area contributed by atoms with Gasteiger partial charge in [0.25, 0.3) is 0 Å². The molecule has 0 atom stereocenters. The lowest BCUT2D eigenvalue weighted by molar-refractivity contribution is -0.146. The molecule has 0 unspecified atom stereocenters. The van der Waals surface area contributed by atoms with Gasteiger partial charge in [0.05, 0.1) is 5.41 Å². The van der Waals surface area contributed by atoms with Crippen LogP contribution in [0.4, 0.5) is 0 Å². The second-order valence-corrected chi connectivity index (χ2v) is 4.71. The van der Waals surface area contributed by atoms with Gasteiger partial charge in [-0.15, -0.1) is 0 Å². The van der Waals surface area contributed by atoms with Crippen molar-refractivity contribution < 1.29 is 24.5 Å². The quantitative estimate of drug-likeness (QED) is 0.839. The third kappa shape index (κ3) is 2.13. The van der Waals surface area contributed by atoms with Crippen molar-refractivity contribution in [2.75, 3.05) is 6.79 Å². The van der Waals surface area contributed by atoms with Crippen LogP contribution in [0.25, 0.3) is 0 Å². The molecule has 0 spiro atoms. The number of carboxylic acid groups (broad SMARTS) is 1. The van der Waals surface area contributed by atoms with Crippen molar-refractivity contribution in [2.45, 2.75) is 20.3 Å². The molecule has 1 aliphatic heterocycles. The van der Waals surface area contributed by atoms with Gasteiger partial charge in [-0.05, 0) is 38.0 Å². The molecule has 5 heteroatoms. The Morgan fingerprint density at radius 2 is 2.12 bits per heavy atom. The molecule has 17 heavy (non-hydrogen) atoms. The highest BCUT2D eigenvalue weighted by Crippen LogP contribution is 2.42. The number of aromatic hydroxyl groups is 1. The molecule has 0 aromatic heterocycles. The highest BCUT2D eigenvalue weighted by Gasteiger charge is 2.29. The Morgan fingerprint density at radius 3 is 2.76 bits per heavy atom. The van der Waals surface area contributed by atoms with E-state index in [1.807, 2.05) is 0 Å². The summed E-state index contributed by atoms with van der Waals surface area (Å²) < 4.78 is 10.2. The maximum atomic E-state index is 11.0. The fourth-order valence-corrected chi connectivity index (χ4v) is 1.74. The summed E-state index contributed by atoms with van der Waals surface area (Å²) in [6, 6.07) is 3.21. The molecule has 1 aromatic carbocycles. The second-order valence-electron chi connectivity index (χ2n) is 4.71. The van der Waals surface area contributed by atoms with Gasteiger partial charge < -0.3 is 19.7 Å². The monoisotopic (exact) mass is 238 g/mol. The van der Waals surface area contributed by atoms with Crippen molar-refractivity contribution in [1.29, 1.82) is 0 Å². The lowest BCUT2D eigenvalue weighted by atomic mass is 9.86. The Balaban J connectivity index is 2.29. The molecule has 0 saturated carbocycles. The van der Waals surface area contributed by atoms with Gasteiger partial charge >= 0.3 is 5.97 Å². The fourth-order valence-electron chi connectivity index (χ4n) is 1.74. The molecule has 0 amide bonds. The second kappa shape index (κ2) is 3.84. The SMILES string of the molecule is CC(C)(Cc1cc(O)c2c(c1)OCO2)C(=O)O. The highest BCUT2D eigenvalue weighted by atomic mass is 16.7. The van der Waals surface area contributed by atoms with Crippen LogP contribution in [-0.4, -0.2) is 23.0 Å². The third-order valence-corrected chi connectivity index (χ3v) is 2.74. The lowest BCUT2D eigenvalue weighted by Crippen LogP contribution is -2.26. The van der Waals surface area contributed by atoms with E-state index in [0.717, 1.165) is 0 Å². The Bertz CT molecular complexity index is 464. The van der Waals surface area contributed by atoms with Crippen LogP contribution in [0.1, 0.15) is 19.4 Å². The fraction of sp³-hybridized carbons (Fsp3) is 0.417. The number of hydrogen-bond acceptors (Lipinski definition) is 4. The van der Waals surface area contributed by atoms with Crippen LogP contribution in [0, 0.1) is 5.41 Å². The summed E-state index contributed by atoms with van der Waals surface area (Å²) in [4.78, 5) is 11.0. The minimum atomic E-state index is -0.889. The van der Waals surface area contributed by atoms with E-state index < -0.39 is 11.4 Å². The number of fused-ring (bicyclic) bond motifs is 1. The van der Waals surface area contributed by atoms with Crippen molar-refractivity contribution in [1.82, 2.24) is 0 Å². The van der Waals surface area contributed by atoms with Crippen molar-refractivity contribution >= 4 is 5.97 Å². The van der Waals surface area contributed by atoms with Crippen LogP contribution in [0.3, 0.4) is 0 Å². The maximum absolute atomic E-state index is 11.0. The molecule has 5 nitrogen and oxygen atoms in total. The van der Waals surface area contributed by atoms with Crippen molar-refractivity contribution in [3.63, 3.8) is 0 Å². The topological polar surface area (TPSA) is 76.0 Å². The first-order chi connectivity index (χ1) is 7.90. The highest BCUT2D eigenvalue weighted by molar-refractivity contribution is 5.74. The van der Waals surface area contributed by atoms with E-state index in [9.17, 15) is 9.90 Å². The van der Waals surface area contributed by atoms with Crippen molar-refractivity contribution in [3.8, 4) is 17.2 Å². The zero-order chi connectivity index (χ0) is 12.6. The average molecular weight is 238 g/mol. The number of carbonyl (C=O) groups is 1. The van der Waals surface area contributed by atoms with E-state index in [-0.39, 0.29) is 12.5 Å². The molecule has 2 N–H and O–H groups in total. The number of phenols is 1. The molecule has 0 bridgehead atoms. The summed E-state index contributed by atoms with van der Waals surface area (Å²) in [7, 11) is 0. The summed E-state index contributed by atoms with van der Waals surface area (Å²) in [5.41, 5.74) is -0.181. The minimum Gasteiger partial charge on any atom is -0.504 e. The molecule has 92 valence electrons. The number of benzene rings is 1. The van der Waals surface area contributed by atoms with Gasteiger partial charge in [0.2, 0.25) is 12.5 Å². The predicted molar refractivity (Wildman–Crippen MR) is 59.4 cm³/mol. The van der Waals surface area contributed by atoms with Gasteiger partial charge in [-0.3, -0.25) is 4.79 Å². The van der Waals surface area contributed by atoms with Crippen LogP contribution in [0.2, 0.25) is 0 Å². The van der Waals surface area contributed by atoms with Gasteiger partial charge in [0.15, 0.2) is 11.5 Å². The molecule has 1 aromatic rings. The summed E-state index contributed by atoms with van der Waals surface area (Å²) in [6.45, 7) is 3.35. The summed E-state index contributed by atoms with van der Waals surface area (Å²) in [6.07, 6.45) is 0.312. The third-order valence-electron chi connectivity index (χ3n) is 2.74. The zero-order valence-electron chi connectivity index (χ0n) is 9.69. The van der Waals surface area contributed by atoms with E-state index in [0.29, 0.717) is 23.5 Å². The molecule has 2 rings (SSSR count). The summed E-state index contributed by atoms with van der Waals surface area (Å²) in [5, 5.41) is 18.7. The van der Waals surface area contributed by atoms with E-state index in [1.165, 1.54) is 6.07 Å². The number of rotatable bonds is 3. The molecule has 0 aliphatic carbocycles. The number of aliphatic carboxylic acids is 1. The smallest absolute Gasteiger partial charge is 0.309 e. The summed E-state index contributed by atoms with van der Waals surface area (Å²) >= 11 is 0. The number of carboxylic acids is 1. The van der Waals surface area contributed by atoms with Crippen LogP contribution < -0.4 is 9.47 Å². The molecule has 0 fully saturated rings. The first-order valence-electron chi connectivity index (χ1n) is 5.25. The van der Waals surface area contributed by atoms with Gasteiger partial charge in [-0.1, -0.05) is 0 Å². The Kier molecular flexibility index (Phi) is 2.61. The Hall–Kier alpha value is -1.91. The first kappa shape index (κ1) is 11.6. The van der Waals surface area contributed by atoms with E-state index in [4.69, 9.17) is 14.6 Å². The van der Waals surface area contributed by atoms with Gasteiger partial charge in [-0.25, -0.2) is 0 Å². The van der Waals surface area contributed by atoms with Crippen molar-refractivity contribution in [2.24, 2.45) is 5.41 Å². The standard InChI is InChI=1S/C12H14O5/c1-12(2,11(14)15)5-7-3-8(13)10-9(4-7)16-6-17-10/h3-4,13H,5-6H2,1-2H3,(H,14,15). The largest absolute Gasteiger partial charge is 0.504 e. The van der Waals surface area contributed by atoms with Crippen molar-refractivity contribution in [3.05, 3.63) is 17.7 Å². The lowest BCUT2D eigenvalue weighted by Gasteiger charge is -2.19. The normalized spacial score (nSPS) is 13.8. The summed E-state index contributed by atoms with van der Waals surface area (Å²) in [5.74, 6) is -0.117. The predicted octanol–water partition coefficient (Wildman–Crippen LogP) is 1.77. The zero-order valence-corrected chi connectivity index (χ0v) is 9.69. The molecular weight excluding hydrogens is 224 g/mol. The molecule has 1 heterocycles.